The van der Waals surface area contributed by atoms with Gasteiger partial charge < -0.3 is 5.32 Å². The number of carbonyl (C=O) groups is 2. The zero-order chi connectivity index (χ0) is 12.3. The first-order valence-corrected chi connectivity index (χ1v) is 5.23. The molecule has 1 amide bonds. The first-order chi connectivity index (χ1) is 7.36. The Bertz CT molecular complexity index is 399. The van der Waals surface area contributed by atoms with Crippen LogP contribution in [-0.4, -0.2) is 18.7 Å². The molecule has 1 aromatic rings. The number of hydrogen-bond acceptors (Lipinski definition) is 2. The number of likely N-dealkylation sites (N-methyl/N-ethyl adjacent to an activating group) is 1. The van der Waals surface area contributed by atoms with E-state index in [9.17, 15) is 9.59 Å². The quantitative estimate of drug-likeness (QED) is 0.610. The van der Waals surface area contributed by atoms with Crippen LogP contribution in [0, 0.1) is 0 Å². The predicted octanol–water partition coefficient (Wildman–Crippen LogP) is 1.91. The summed E-state index contributed by atoms with van der Waals surface area (Å²) in [5, 5.41) is 2.32. The van der Waals surface area contributed by atoms with E-state index in [0.717, 1.165) is 5.56 Å². The van der Waals surface area contributed by atoms with Crippen molar-refractivity contribution in [3.8, 4) is 0 Å². The Morgan fingerprint density at radius 3 is 1.94 bits per heavy atom. The maximum atomic E-state index is 11.5. The van der Waals surface area contributed by atoms with Crippen LogP contribution in [0.25, 0.3) is 0 Å². The Morgan fingerprint density at radius 2 is 1.56 bits per heavy atom. The third-order valence-electron chi connectivity index (χ3n) is 2.45. The molecule has 1 aromatic carbocycles. The Balaban J connectivity index is 2.96. The molecule has 0 radical (unpaired) electrons. The van der Waals surface area contributed by atoms with Crippen molar-refractivity contribution in [1.82, 2.24) is 5.32 Å². The maximum absolute atomic E-state index is 11.5. The van der Waals surface area contributed by atoms with Gasteiger partial charge in [0.05, 0.1) is 0 Å². The Labute approximate surface area is 95.9 Å². The van der Waals surface area contributed by atoms with Gasteiger partial charge in [-0.2, -0.15) is 0 Å². The zero-order valence-corrected chi connectivity index (χ0v) is 10.1. The van der Waals surface area contributed by atoms with Crippen molar-refractivity contribution in [2.24, 2.45) is 0 Å². The van der Waals surface area contributed by atoms with Crippen LogP contribution in [0.5, 0.6) is 0 Å². The normalized spacial score (nSPS) is 11.0. The zero-order valence-electron chi connectivity index (χ0n) is 10.1. The fourth-order valence-corrected chi connectivity index (χ4v) is 1.37. The highest BCUT2D eigenvalue weighted by molar-refractivity contribution is 6.42. The summed E-state index contributed by atoms with van der Waals surface area (Å²) in [6.07, 6.45) is 0. The largest absolute Gasteiger partial charge is 0.352 e. The van der Waals surface area contributed by atoms with Gasteiger partial charge in [0.2, 0.25) is 5.78 Å². The lowest BCUT2D eigenvalue weighted by Crippen LogP contribution is -2.27. The van der Waals surface area contributed by atoms with Crippen molar-refractivity contribution < 1.29 is 9.59 Å². The van der Waals surface area contributed by atoms with E-state index in [0.29, 0.717) is 5.56 Å². The molecule has 0 fully saturated rings. The molecule has 86 valence electrons. The van der Waals surface area contributed by atoms with Gasteiger partial charge in [-0.15, -0.1) is 0 Å². The van der Waals surface area contributed by atoms with Crippen LogP contribution in [0.15, 0.2) is 24.3 Å². The molecule has 0 aliphatic carbocycles. The van der Waals surface area contributed by atoms with Crippen LogP contribution in [0.2, 0.25) is 0 Å². The molecule has 3 heteroatoms. The molecule has 0 spiro atoms. The number of hydrogen-bond donors (Lipinski definition) is 1. The molecule has 1 N–H and O–H groups in total. The fraction of sp³-hybridized carbons (Fsp3) is 0.385. The lowest BCUT2D eigenvalue weighted by Gasteiger charge is -2.18. The average Bonchev–Trinajstić information content (AvgIpc) is 2.26. The van der Waals surface area contributed by atoms with E-state index in [1.54, 1.807) is 12.1 Å². The number of nitrogens with one attached hydrogen (secondary N) is 1. The highest BCUT2D eigenvalue weighted by atomic mass is 16.2. The molecular weight excluding hydrogens is 202 g/mol. The van der Waals surface area contributed by atoms with E-state index < -0.39 is 11.7 Å². The molecule has 0 saturated carbocycles. The van der Waals surface area contributed by atoms with Crippen LogP contribution in [-0.2, 0) is 10.2 Å². The topological polar surface area (TPSA) is 46.2 Å². The number of Topliss-reactive ketones (excluding diaryl/α,β-unsaturated/α-hetero) is 1. The lowest BCUT2D eigenvalue weighted by atomic mass is 9.86. The summed E-state index contributed by atoms with van der Waals surface area (Å²) in [5.74, 6) is -1.08. The standard InChI is InChI=1S/C13H17NO2/c1-13(2,3)10-7-5-9(6-8-10)11(15)12(16)14-4/h5-8H,1-4H3,(H,14,16). The minimum absolute atomic E-state index is 0.0502. The van der Waals surface area contributed by atoms with Crippen molar-refractivity contribution in [2.75, 3.05) is 7.05 Å². The number of rotatable bonds is 2. The van der Waals surface area contributed by atoms with Crippen molar-refractivity contribution in [1.29, 1.82) is 0 Å². The third kappa shape index (κ3) is 2.69. The van der Waals surface area contributed by atoms with Crippen LogP contribution >= 0.6 is 0 Å². The van der Waals surface area contributed by atoms with Gasteiger partial charge in [0.15, 0.2) is 0 Å². The highest BCUT2D eigenvalue weighted by Crippen LogP contribution is 2.22. The van der Waals surface area contributed by atoms with Crippen LogP contribution < -0.4 is 5.32 Å². The molecule has 0 aliphatic heterocycles. The van der Waals surface area contributed by atoms with Gasteiger partial charge in [0, 0.05) is 12.6 Å². The summed E-state index contributed by atoms with van der Waals surface area (Å²) < 4.78 is 0. The fourth-order valence-electron chi connectivity index (χ4n) is 1.37. The summed E-state index contributed by atoms with van der Waals surface area (Å²) in [6.45, 7) is 6.30. The Hall–Kier alpha value is -1.64. The summed E-state index contributed by atoms with van der Waals surface area (Å²) >= 11 is 0. The average molecular weight is 219 g/mol. The summed E-state index contributed by atoms with van der Waals surface area (Å²) in [5.41, 5.74) is 1.61. The summed E-state index contributed by atoms with van der Waals surface area (Å²) in [7, 11) is 1.45. The van der Waals surface area contributed by atoms with E-state index in [1.807, 2.05) is 12.1 Å². The number of ketones is 1. The van der Waals surface area contributed by atoms with Crippen LogP contribution in [0.4, 0.5) is 0 Å². The van der Waals surface area contributed by atoms with Gasteiger partial charge in [-0.3, -0.25) is 9.59 Å². The van der Waals surface area contributed by atoms with Crippen molar-refractivity contribution in [3.05, 3.63) is 35.4 Å². The van der Waals surface area contributed by atoms with Gasteiger partial charge >= 0.3 is 0 Å². The number of carbonyl (C=O) groups excluding carboxylic acids is 2. The molecule has 0 unspecified atom stereocenters. The number of benzene rings is 1. The predicted molar refractivity (Wildman–Crippen MR) is 63.5 cm³/mol. The van der Waals surface area contributed by atoms with Gasteiger partial charge in [0.25, 0.3) is 5.91 Å². The number of amides is 1. The van der Waals surface area contributed by atoms with Crippen LogP contribution in [0.3, 0.4) is 0 Å². The van der Waals surface area contributed by atoms with E-state index in [4.69, 9.17) is 0 Å². The first-order valence-electron chi connectivity index (χ1n) is 5.23. The second-order valence-electron chi connectivity index (χ2n) is 4.74. The molecule has 0 aromatic heterocycles. The molecule has 0 saturated heterocycles. The van der Waals surface area contributed by atoms with Crippen LogP contribution in [0.1, 0.15) is 36.7 Å². The minimum Gasteiger partial charge on any atom is -0.352 e. The maximum Gasteiger partial charge on any atom is 0.292 e. The van der Waals surface area contributed by atoms with E-state index >= 15 is 0 Å². The lowest BCUT2D eigenvalue weighted by molar-refractivity contribution is -0.116. The highest BCUT2D eigenvalue weighted by Gasteiger charge is 2.17. The third-order valence-corrected chi connectivity index (χ3v) is 2.45. The van der Waals surface area contributed by atoms with Crippen molar-refractivity contribution in [3.63, 3.8) is 0 Å². The molecule has 0 heterocycles. The van der Waals surface area contributed by atoms with Crippen molar-refractivity contribution >= 4 is 11.7 Å². The Kier molecular flexibility index (Phi) is 3.48. The van der Waals surface area contributed by atoms with E-state index in [1.165, 1.54) is 7.05 Å². The monoisotopic (exact) mass is 219 g/mol. The van der Waals surface area contributed by atoms with Gasteiger partial charge in [-0.05, 0) is 11.0 Å². The SMILES string of the molecule is CNC(=O)C(=O)c1ccc(C(C)(C)C)cc1. The summed E-state index contributed by atoms with van der Waals surface area (Å²) in [4.78, 5) is 22.7. The first kappa shape index (κ1) is 12.4. The molecular formula is C13H17NO2. The van der Waals surface area contributed by atoms with E-state index in [2.05, 4.69) is 26.1 Å². The molecule has 0 atom stereocenters. The molecule has 0 bridgehead atoms. The van der Waals surface area contributed by atoms with Crippen molar-refractivity contribution in [2.45, 2.75) is 26.2 Å². The molecule has 3 nitrogen and oxygen atoms in total. The van der Waals surface area contributed by atoms with Gasteiger partial charge in [-0.1, -0.05) is 45.0 Å². The van der Waals surface area contributed by atoms with Gasteiger partial charge in [0.1, 0.15) is 0 Å². The van der Waals surface area contributed by atoms with E-state index in [-0.39, 0.29) is 5.41 Å². The molecule has 0 aliphatic rings. The Morgan fingerprint density at radius 1 is 1.06 bits per heavy atom. The smallest absolute Gasteiger partial charge is 0.292 e. The minimum atomic E-state index is -0.580. The second-order valence-corrected chi connectivity index (χ2v) is 4.74. The molecule has 16 heavy (non-hydrogen) atoms. The van der Waals surface area contributed by atoms with Gasteiger partial charge in [-0.25, -0.2) is 0 Å². The molecule has 1 rings (SSSR count). The summed E-state index contributed by atoms with van der Waals surface area (Å²) in [6, 6.07) is 7.16. The second kappa shape index (κ2) is 4.47.